The third-order valence-corrected chi connectivity index (χ3v) is 7.26. The van der Waals surface area contributed by atoms with Gasteiger partial charge in [-0.25, -0.2) is 4.79 Å². The van der Waals surface area contributed by atoms with Crippen LogP contribution in [-0.4, -0.2) is 21.3 Å². The number of aliphatic hydroxyl groups excluding tert-OH is 1. The van der Waals surface area contributed by atoms with Gasteiger partial charge in [0.2, 0.25) is 0 Å². The first-order valence-corrected chi connectivity index (χ1v) is 10.5. The maximum absolute atomic E-state index is 13.0. The van der Waals surface area contributed by atoms with Gasteiger partial charge < -0.3 is 15.3 Å². The maximum atomic E-state index is 13.0. The summed E-state index contributed by atoms with van der Waals surface area (Å²) in [5.41, 5.74) is -0.0923. The van der Waals surface area contributed by atoms with Crippen molar-refractivity contribution in [3.63, 3.8) is 0 Å². The Kier molecular flexibility index (Phi) is 4.19. The van der Waals surface area contributed by atoms with Crippen molar-refractivity contribution in [1.29, 1.82) is 0 Å². The van der Waals surface area contributed by atoms with E-state index in [1.54, 1.807) is 24.3 Å². The second kappa shape index (κ2) is 6.68. The number of benzene rings is 3. The van der Waals surface area contributed by atoms with Crippen LogP contribution in [0, 0.1) is 0 Å². The smallest absolute Gasteiger partial charge is 0.335 e. The van der Waals surface area contributed by atoms with Gasteiger partial charge in [-0.3, -0.25) is 9.59 Å². The van der Waals surface area contributed by atoms with Crippen molar-refractivity contribution in [2.24, 2.45) is 0 Å². The Morgan fingerprint density at radius 3 is 1.80 bits per heavy atom. The van der Waals surface area contributed by atoms with E-state index in [1.807, 2.05) is 0 Å². The average molecular weight is 436 g/mol. The summed E-state index contributed by atoms with van der Waals surface area (Å²) in [6.45, 7) is 0. The molecule has 148 valence electrons. The molecule has 0 spiro atoms. The maximum Gasteiger partial charge on any atom is 0.335 e. The first-order valence-electron chi connectivity index (χ1n) is 8.84. The summed E-state index contributed by atoms with van der Waals surface area (Å²) in [6.07, 6.45) is -1.64. The average Bonchev–Trinajstić information content (AvgIpc) is 2.72. The van der Waals surface area contributed by atoms with Crippen LogP contribution >= 0.6 is 22.7 Å². The first kappa shape index (κ1) is 18.8. The summed E-state index contributed by atoms with van der Waals surface area (Å²) >= 11 is 2.61. The van der Waals surface area contributed by atoms with Crippen molar-refractivity contribution < 1.29 is 20.1 Å². The van der Waals surface area contributed by atoms with Gasteiger partial charge >= 0.3 is 5.97 Å². The highest BCUT2D eigenvalue weighted by atomic mass is 32.1. The Hall–Kier alpha value is -3.17. The third-order valence-electron chi connectivity index (χ3n) is 5.03. The van der Waals surface area contributed by atoms with Crippen LogP contribution in [0.1, 0.15) is 22.2 Å². The van der Waals surface area contributed by atoms with Gasteiger partial charge in [0.25, 0.3) is 0 Å². The SMILES string of the molecule is O=C(O)c1ccc2c(=O)c3cc4c(=O)c5ccc(C(O)O)cc5sc4cc3sc2c1. The minimum absolute atomic E-state index is 0.101. The van der Waals surface area contributed by atoms with E-state index >= 15 is 0 Å². The molecule has 0 aliphatic rings. The lowest BCUT2D eigenvalue weighted by atomic mass is 10.1. The summed E-state index contributed by atoms with van der Waals surface area (Å²) in [7, 11) is 0. The summed E-state index contributed by atoms with van der Waals surface area (Å²) < 4.78 is 2.48. The number of carboxylic acid groups (broad SMARTS) is 1. The number of rotatable bonds is 2. The highest BCUT2D eigenvalue weighted by Crippen LogP contribution is 2.32. The molecule has 0 aliphatic carbocycles. The first-order chi connectivity index (χ1) is 14.3. The van der Waals surface area contributed by atoms with Gasteiger partial charge in [-0.15, -0.1) is 22.7 Å². The molecule has 0 aliphatic heterocycles. The van der Waals surface area contributed by atoms with Gasteiger partial charge in [0.05, 0.1) is 5.56 Å². The van der Waals surface area contributed by atoms with E-state index in [2.05, 4.69) is 0 Å². The Balaban J connectivity index is 1.88. The van der Waals surface area contributed by atoms with Crippen LogP contribution in [0.2, 0.25) is 0 Å². The number of aliphatic hydroxyl groups is 2. The molecule has 3 N–H and O–H groups in total. The molecule has 0 fully saturated rings. The zero-order valence-electron chi connectivity index (χ0n) is 15.1. The van der Waals surface area contributed by atoms with Crippen molar-refractivity contribution >= 4 is 69.0 Å². The summed E-state index contributed by atoms with van der Waals surface area (Å²) in [5.74, 6) is -1.07. The van der Waals surface area contributed by atoms with Crippen LogP contribution in [-0.2, 0) is 0 Å². The molecule has 30 heavy (non-hydrogen) atoms. The number of carboxylic acids is 1. The lowest BCUT2D eigenvalue weighted by Crippen LogP contribution is -2.06. The largest absolute Gasteiger partial charge is 0.478 e. The van der Waals surface area contributed by atoms with Crippen LogP contribution in [0.5, 0.6) is 0 Å². The molecule has 0 saturated carbocycles. The molecule has 0 unspecified atom stereocenters. The number of fused-ring (bicyclic) bond motifs is 4. The van der Waals surface area contributed by atoms with Crippen molar-refractivity contribution in [3.05, 3.63) is 80.1 Å². The lowest BCUT2D eigenvalue weighted by Gasteiger charge is -2.07. The summed E-state index contributed by atoms with van der Waals surface area (Å²) in [4.78, 5) is 37.3. The third kappa shape index (κ3) is 2.81. The van der Waals surface area contributed by atoms with E-state index in [4.69, 9.17) is 0 Å². The molecule has 0 radical (unpaired) electrons. The van der Waals surface area contributed by atoms with E-state index in [9.17, 15) is 29.7 Å². The number of carbonyl (C=O) groups is 1. The van der Waals surface area contributed by atoms with Gasteiger partial charge in [0.15, 0.2) is 17.1 Å². The molecule has 8 heteroatoms. The lowest BCUT2D eigenvalue weighted by molar-refractivity contribution is -0.0423. The summed E-state index contributed by atoms with van der Waals surface area (Å²) in [5, 5.41) is 29.7. The quantitative estimate of drug-likeness (QED) is 0.286. The van der Waals surface area contributed by atoms with Crippen LogP contribution in [0.4, 0.5) is 0 Å². The zero-order valence-corrected chi connectivity index (χ0v) is 16.7. The van der Waals surface area contributed by atoms with Crippen LogP contribution in [0.15, 0.2) is 58.1 Å². The number of aromatic carboxylic acids is 1. The van der Waals surface area contributed by atoms with Gasteiger partial charge in [-0.2, -0.15) is 0 Å². The van der Waals surface area contributed by atoms with E-state index in [0.29, 0.717) is 40.3 Å². The number of hydrogen-bond donors (Lipinski definition) is 3. The molecule has 5 aromatic rings. The minimum atomic E-state index is -1.64. The molecule has 3 aromatic carbocycles. The van der Waals surface area contributed by atoms with Gasteiger partial charge in [-0.1, -0.05) is 6.07 Å². The molecule has 0 bridgehead atoms. The molecule has 2 aromatic heterocycles. The standard InChI is InChI=1S/C22H12O6S2/c23-19-11-3-1-9(21(25)26)5-15(11)29-17-8-18-14(7-13(17)19)20(24)12-4-2-10(22(27)28)6-16(12)30-18/h1-8,21,25-26H,(H,27,28). The Morgan fingerprint density at radius 1 is 0.700 bits per heavy atom. The molecule has 2 heterocycles. The van der Waals surface area contributed by atoms with Crippen LogP contribution in [0.25, 0.3) is 40.3 Å². The molecule has 0 atom stereocenters. The van der Waals surface area contributed by atoms with Gasteiger partial charge in [-0.05, 0) is 42.5 Å². The fourth-order valence-corrected chi connectivity index (χ4v) is 5.86. The highest BCUT2D eigenvalue weighted by Gasteiger charge is 2.14. The van der Waals surface area contributed by atoms with Crippen molar-refractivity contribution in [3.8, 4) is 0 Å². The Labute approximate surface area is 175 Å². The monoisotopic (exact) mass is 436 g/mol. The molecular weight excluding hydrogens is 424 g/mol. The van der Waals surface area contributed by atoms with Crippen LogP contribution in [0.3, 0.4) is 0 Å². The van der Waals surface area contributed by atoms with Gasteiger partial charge in [0, 0.05) is 45.9 Å². The van der Waals surface area contributed by atoms with E-state index < -0.39 is 12.3 Å². The molecule has 6 nitrogen and oxygen atoms in total. The van der Waals surface area contributed by atoms with E-state index in [-0.39, 0.29) is 22.0 Å². The van der Waals surface area contributed by atoms with Crippen LogP contribution < -0.4 is 10.9 Å². The van der Waals surface area contributed by atoms with Gasteiger partial charge in [0.1, 0.15) is 0 Å². The van der Waals surface area contributed by atoms with E-state index in [0.717, 1.165) is 0 Å². The second-order valence-corrected chi connectivity index (χ2v) is 9.02. The van der Waals surface area contributed by atoms with E-state index in [1.165, 1.54) is 46.9 Å². The fourth-order valence-electron chi connectivity index (χ4n) is 3.51. The molecule has 0 amide bonds. The van der Waals surface area contributed by atoms with Crippen molar-refractivity contribution in [2.45, 2.75) is 6.29 Å². The molecule has 5 rings (SSSR count). The topological polar surface area (TPSA) is 112 Å². The molecule has 0 saturated heterocycles. The molecular formula is C22H12O6S2. The predicted molar refractivity (Wildman–Crippen MR) is 119 cm³/mol. The normalized spacial score (nSPS) is 11.8. The summed E-state index contributed by atoms with van der Waals surface area (Å²) in [6, 6.07) is 12.3. The Bertz CT molecular complexity index is 1650. The zero-order chi connectivity index (χ0) is 21.2. The Morgan fingerprint density at radius 2 is 1.23 bits per heavy atom. The number of hydrogen-bond acceptors (Lipinski definition) is 7. The highest BCUT2D eigenvalue weighted by molar-refractivity contribution is 7.26. The second-order valence-electron chi connectivity index (χ2n) is 6.85. The van der Waals surface area contributed by atoms with Crippen molar-refractivity contribution in [1.82, 2.24) is 0 Å². The minimum Gasteiger partial charge on any atom is -0.478 e. The van der Waals surface area contributed by atoms with Crippen molar-refractivity contribution in [2.75, 3.05) is 0 Å². The predicted octanol–water partition coefficient (Wildman–Crippen LogP) is 3.82. The fraction of sp³-hybridized carbons (Fsp3) is 0.0455.